The van der Waals surface area contributed by atoms with E-state index in [0.29, 0.717) is 0 Å². The molecule has 6 nitrogen and oxygen atoms in total. The van der Waals surface area contributed by atoms with Gasteiger partial charge in [0.2, 0.25) is 0 Å². The molecule has 78 valence electrons. The maximum absolute atomic E-state index is 9.50. The van der Waals surface area contributed by atoms with E-state index in [2.05, 4.69) is 0 Å². The molecule has 13 heavy (non-hydrogen) atoms. The third-order valence-corrected chi connectivity index (χ3v) is 2.05. The second kappa shape index (κ2) is 3.49. The number of rotatable bonds is 1. The van der Waals surface area contributed by atoms with Gasteiger partial charge in [-0.3, -0.25) is 0 Å². The highest BCUT2D eigenvalue weighted by molar-refractivity contribution is 4.93. The molecule has 1 aliphatic rings. The Morgan fingerprint density at radius 1 is 1.38 bits per heavy atom. The number of hydrogen-bond donors (Lipinski definition) is 5. The monoisotopic (exact) mass is 195 g/mol. The number of hydrogen-bond acceptors (Lipinski definition) is 6. The van der Waals surface area contributed by atoms with Gasteiger partial charge in [-0.15, -0.1) is 0 Å². The van der Waals surface area contributed by atoms with E-state index in [1.807, 2.05) is 0 Å². The van der Waals surface area contributed by atoms with Gasteiger partial charge in [-0.05, 0) is 6.90 Å². The Hall–Kier alpha value is -0.240. The fourth-order valence-electron chi connectivity index (χ4n) is 1.22. The molecule has 0 saturated carbocycles. The molecule has 6 heteroatoms. The van der Waals surface area contributed by atoms with Crippen LogP contribution in [0.25, 0.3) is 0 Å². The highest BCUT2D eigenvalue weighted by Gasteiger charge is 2.49. The van der Waals surface area contributed by atoms with Crippen LogP contribution in [0.4, 0.5) is 0 Å². The molecule has 0 radical (unpaired) electrons. The van der Waals surface area contributed by atoms with Crippen molar-refractivity contribution in [3.05, 3.63) is 0 Å². The minimum atomic E-state index is -2.24. The smallest absolute Gasteiger partial charge is 0.192 e. The summed E-state index contributed by atoms with van der Waals surface area (Å²) < 4.78 is 11.7. The van der Waals surface area contributed by atoms with Crippen molar-refractivity contribution in [1.29, 1.82) is 0 Å². The molecular weight excluding hydrogens is 180 g/mol. The van der Waals surface area contributed by atoms with Gasteiger partial charge >= 0.3 is 0 Å². The minimum Gasteiger partial charge on any atom is -0.394 e. The van der Waals surface area contributed by atoms with Crippen molar-refractivity contribution in [3.8, 4) is 0 Å². The van der Waals surface area contributed by atoms with Crippen molar-refractivity contribution >= 4 is 0 Å². The third kappa shape index (κ3) is 1.83. The van der Waals surface area contributed by atoms with Crippen LogP contribution in [0.5, 0.6) is 0 Å². The van der Waals surface area contributed by atoms with Crippen LogP contribution in [-0.4, -0.2) is 62.3 Å². The van der Waals surface area contributed by atoms with Crippen molar-refractivity contribution in [2.75, 3.05) is 6.61 Å². The Kier molecular flexibility index (Phi) is 2.50. The zero-order chi connectivity index (χ0) is 10.9. The molecule has 0 aromatic rings. The normalized spacial score (nSPS) is 53.2. The minimum absolute atomic E-state index is 0.618. The molecule has 1 saturated heterocycles. The lowest BCUT2D eigenvalue weighted by Crippen LogP contribution is -2.63. The predicted molar refractivity (Wildman–Crippen MR) is 40.6 cm³/mol. The molecule has 0 amide bonds. The maximum Gasteiger partial charge on any atom is 0.192 e. The Morgan fingerprint density at radius 3 is 2.46 bits per heavy atom. The lowest BCUT2D eigenvalue weighted by molar-refractivity contribution is -0.341. The number of ether oxygens (including phenoxy) is 1. The number of aliphatic hydroxyl groups excluding tert-OH is 4. The van der Waals surface area contributed by atoms with Gasteiger partial charge in [0.15, 0.2) is 5.79 Å². The predicted octanol–water partition coefficient (Wildman–Crippen LogP) is -2.83. The van der Waals surface area contributed by atoms with E-state index in [-0.39, 0.29) is 0 Å². The summed E-state index contributed by atoms with van der Waals surface area (Å²) in [7, 11) is 0. The van der Waals surface area contributed by atoms with Crippen LogP contribution >= 0.6 is 0 Å². The van der Waals surface area contributed by atoms with Crippen LogP contribution in [0.15, 0.2) is 0 Å². The van der Waals surface area contributed by atoms with Crippen LogP contribution < -0.4 is 0 Å². The lowest BCUT2D eigenvalue weighted by atomic mass is 9.94. The molecule has 5 atom stereocenters. The Labute approximate surface area is 76.4 Å². The molecule has 1 fully saturated rings. The first-order valence-electron chi connectivity index (χ1n) is 4.51. The first-order chi connectivity index (χ1) is 6.46. The molecular formula is C7H14O6. The molecule has 1 rings (SSSR count). The van der Waals surface area contributed by atoms with Crippen LogP contribution in [-0.2, 0) is 4.74 Å². The summed E-state index contributed by atoms with van der Waals surface area (Å²) in [5.41, 5.74) is 0. The molecule has 0 spiro atoms. The van der Waals surface area contributed by atoms with E-state index in [1.54, 1.807) is 0 Å². The second-order valence-corrected chi connectivity index (χ2v) is 3.11. The molecule has 0 aromatic carbocycles. The van der Waals surface area contributed by atoms with E-state index >= 15 is 0 Å². The van der Waals surface area contributed by atoms with E-state index in [1.165, 1.54) is 0 Å². The zero-order valence-corrected chi connectivity index (χ0v) is 6.87. The molecule has 0 aliphatic carbocycles. The van der Waals surface area contributed by atoms with Crippen molar-refractivity contribution < 1.29 is 31.6 Å². The van der Waals surface area contributed by atoms with Gasteiger partial charge in [-0.1, -0.05) is 0 Å². The summed E-state index contributed by atoms with van der Waals surface area (Å²) in [5, 5.41) is 46.1. The van der Waals surface area contributed by atoms with Crippen molar-refractivity contribution in [3.63, 3.8) is 0 Å². The average Bonchev–Trinajstić information content (AvgIpc) is 2.20. The average molecular weight is 195 g/mol. The summed E-state index contributed by atoms with van der Waals surface area (Å²) in [6.07, 6.45) is -6.10. The lowest BCUT2D eigenvalue weighted by Gasteiger charge is -2.43. The molecule has 1 aliphatic heterocycles. The van der Waals surface area contributed by atoms with Gasteiger partial charge in [-0.2, -0.15) is 0 Å². The van der Waals surface area contributed by atoms with Crippen molar-refractivity contribution in [2.45, 2.75) is 37.1 Å². The van der Waals surface area contributed by atoms with Crippen LogP contribution in [0, 0.1) is 0 Å². The van der Waals surface area contributed by atoms with Gasteiger partial charge in [0.05, 0.1) is 6.61 Å². The molecule has 1 unspecified atom stereocenters. The summed E-state index contributed by atoms with van der Waals surface area (Å²) in [6, 6.07) is 0. The van der Waals surface area contributed by atoms with Gasteiger partial charge in [0.1, 0.15) is 24.4 Å². The fraction of sp³-hybridized carbons (Fsp3) is 1.00. The van der Waals surface area contributed by atoms with Crippen LogP contribution in [0.2, 0.25) is 0 Å². The Morgan fingerprint density at radius 2 is 2.00 bits per heavy atom. The largest absolute Gasteiger partial charge is 0.394 e. The summed E-state index contributed by atoms with van der Waals surface area (Å²) >= 11 is 0. The highest BCUT2D eigenvalue weighted by atomic mass is 16.7. The summed E-state index contributed by atoms with van der Waals surface area (Å²) in [5.74, 6) is -2.24. The topological polar surface area (TPSA) is 110 Å². The summed E-state index contributed by atoms with van der Waals surface area (Å²) in [6.45, 7) is -1.32. The summed E-state index contributed by atoms with van der Waals surface area (Å²) in [4.78, 5) is 0. The Balaban J connectivity index is 2.84. The fourth-order valence-corrected chi connectivity index (χ4v) is 1.22. The maximum atomic E-state index is 9.50. The van der Waals surface area contributed by atoms with E-state index in [9.17, 15) is 20.4 Å². The van der Waals surface area contributed by atoms with Crippen molar-refractivity contribution in [1.82, 2.24) is 0 Å². The van der Waals surface area contributed by atoms with Gasteiger partial charge in [-0.25, -0.2) is 0 Å². The molecule has 5 N–H and O–H groups in total. The van der Waals surface area contributed by atoms with Gasteiger partial charge in [0.25, 0.3) is 0 Å². The van der Waals surface area contributed by atoms with Crippen LogP contribution in [0.3, 0.4) is 0 Å². The van der Waals surface area contributed by atoms with Gasteiger partial charge in [0, 0.05) is 1.37 Å². The first-order valence-corrected chi connectivity index (χ1v) is 3.80. The molecule has 1 heterocycles. The van der Waals surface area contributed by atoms with Crippen LogP contribution in [0.1, 0.15) is 8.27 Å². The SMILES string of the molecule is [2H]CC1(O)O[C@H](CO)[C@@H](O)[C@H](O)[C@@H]1O. The van der Waals surface area contributed by atoms with E-state index in [0.717, 1.165) is 0 Å². The Bertz CT molecular complexity index is 201. The number of aliphatic hydroxyl groups is 5. The third-order valence-electron chi connectivity index (χ3n) is 2.05. The highest BCUT2D eigenvalue weighted by Crippen LogP contribution is 2.27. The standard InChI is InChI=1S/C7H14O6/c1-7(12)6(11)5(10)4(9)3(2-8)13-7/h3-6,8-12H,2H2,1H3/t3-,4-,5+,6+,7?/m1/s1/i1D. The molecule has 0 bridgehead atoms. The quantitative estimate of drug-likeness (QED) is 0.308. The zero-order valence-electron chi connectivity index (χ0n) is 7.87. The van der Waals surface area contributed by atoms with E-state index in [4.69, 9.17) is 11.2 Å². The van der Waals surface area contributed by atoms with Crippen molar-refractivity contribution in [2.24, 2.45) is 0 Å². The van der Waals surface area contributed by atoms with Gasteiger partial charge < -0.3 is 30.3 Å². The first kappa shape index (κ1) is 9.32. The second-order valence-electron chi connectivity index (χ2n) is 3.11. The van der Waals surface area contributed by atoms with E-state index < -0.39 is 43.7 Å². The molecule has 0 aromatic heterocycles.